The molecule has 4 rings (SSSR count). The summed E-state index contributed by atoms with van der Waals surface area (Å²) in [6.45, 7) is 5.43. The number of pyridine rings is 1. The van der Waals surface area contributed by atoms with Gasteiger partial charge in [0.25, 0.3) is 5.91 Å². The maximum atomic E-state index is 13.7. The van der Waals surface area contributed by atoms with Crippen LogP contribution in [0.3, 0.4) is 0 Å². The van der Waals surface area contributed by atoms with Crippen molar-refractivity contribution in [3.8, 4) is 0 Å². The fourth-order valence-corrected chi connectivity index (χ4v) is 5.39. The lowest BCUT2D eigenvalue weighted by atomic mass is 9.87. The molecule has 8 heteroatoms. The topological polar surface area (TPSA) is 65.5 Å². The van der Waals surface area contributed by atoms with Crippen molar-refractivity contribution in [1.82, 2.24) is 15.2 Å². The Hall–Kier alpha value is -2.31. The monoisotopic (exact) mass is 488 g/mol. The molecule has 0 aliphatic carbocycles. The number of carbonyl (C=O) groups excluding carboxylic acids is 2. The van der Waals surface area contributed by atoms with Crippen molar-refractivity contribution in [2.24, 2.45) is 5.92 Å². The Morgan fingerprint density at radius 1 is 1.03 bits per heavy atom. The fourth-order valence-electron chi connectivity index (χ4n) is 5.09. The van der Waals surface area contributed by atoms with Crippen molar-refractivity contribution >= 4 is 40.8 Å². The second-order valence-electron chi connectivity index (χ2n) is 9.14. The first-order valence-corrected chi connectivity index (χ1v) is 12.3. The van der Waals surface area contributed by atoms with Gasteiger partial charge >= 0.3 is 0 Å². The average Bonchev–Trinajstić information content (AvgIpc) is 2.79. The molecule has 1 aromatic heterocycles. The first-order chi connectivity index (χ1) is 15.8. The molecule has 1 aromatic carbocycles. The number of anilines is 1. The molecule has 176 valence electrons. The molecular formula is C25H30Cl2N4O2. The summed E-state index contributed by atoms with van der Waals surface area (Å²) in [4.78, 5) is 35.4. The predicted molar refractivity (Wildman–Crippen MR) is 132 cm³/mol. The van der Waals surface area contributed by atoms with Crippen molar-refractivity contribution in [1.29, 1.82) is 0 Å². The van der Waals surface area contributed by atoms with Crippen molar-refractivity contribution in [3.05, 3.63) is 58.2 Å². The van der Waals surface area contributed by atoms with Gasteiger partial charge in [0.05, 0.1) is 17.0 Å². The maximum absolute atomic E-state index is 13.7. The third-order valence-electron chi connectivity index (χ3n) is 6.82. The molecule has 6 nitrogen and oxygen atoms in total. The summed E-state index contributed by atoms with van der Waals surface area (Å²) < 4.78 is 0. The van der Waals surface area contributed by atoms with E-state index in [0.717, 1.165) is 25.1 Å². The second kappa shape index (κ2) is 10.3. The number of likely N-dealkylation sites (tertiary alicyclic amines) is 1. The number of nitrogens with one attached hydrogen (secondary N) is 1. The number of hydrogen-bond donors (Lipinski definition) is 1. The Morgan fingerprint density at radius 3 is 2.45 bits per heavy atom. The standard InChI is InChI=1S/C25H30Cl2N4O2/c1-16-5-3-6-17(2)31(16)25(33)21-11-12-30(23-10-9-20(27)14-28-23)15-22(21)29-24(32)18-7-4-8-19(26)13-18/h4,7-10,13-14,16-17,21-22H,3,5-6,11-12,15H2,1-2H3,(H,29,32)/t16-,17+,21?,22?. The van der Waals surface area contributed by atoms with Crippen LogP contribution in [0, 0.1) is 5.92 Å². The van der Waals surface area contributed by atoms with Crippen LogP contribution in [0.4, 0.5) is 5.82 Å². The van der Waals surface area contributed by atoms with Gasteiger partial charge in [-0.3, -0.25) is 9.59 Å². The van der Waals surface area contributed by atoms with Crippen LogP contribution in [0.1, 0.15) is 49.9 Å². The highest BCUT2D eigenvalue weighted by molar-refractivity contribution is 6.31. The summed E-state index contributed by atoms with van der Waals surface area (Å²) >= 11 is 12.1. The summed E-state index contributed by atoms with van der Waals surface area (Å²) in [6, 6.07) is 10.6. The van der Waals surface area contributed by atoms with Crippen molar-refractivity contribution in [2.45, 2.75) is 57.7 Å². The van der Waals surface area contributed by atoms with Crippen LogP contribution in [-0.4, -0.2) is 52.9 Å². The Bertz CT molecular complexity index is 990. The first kappa shape index (κ1) is 23.8. The predicted octanol–water partition coefficient (Wildman–Crippen LogP) is 4.80. The zero-order chi connectivity index (χ0) is 23.5. The number of amides is 2. The number of rotatable bonds is 4. The molecule has 1 N–H and O–H groups in total. The molecule has 2 saturated heterocycles. The van der Waals surface area contributed by atoms with E-state index in [0.29, 0.717) is 35.1 Å². The number of nitrogens with zero attached hydrogens (tertiary/aromatic N) is 3. The fraction of sp³-hybridized carbons (Fsp3) is 0.480. The molecule has 2 aromatic rings. The lowest BCUT2D eigenvalue weighted by Gasteiger charge is -2.45. The van der Waals surface area contributed by atoms with Gasteiger partial charge in [-0.1, -0.05) is 29.3 Å². The molecule has 2 fully saturated rings. The number of benzene rings is 1. The van der Waals surface area contributed by atoms with E-state index in [1.165, 1.54) is 0 Å². The number of hydrogen-bond acceptors (Lipinski definition) is 4. The highest BCUT2D eigenvalue weighted by Gasteiger charge is 2.41. The largest absolute Gasteiger partial charge is 0.355 e. The average molecular weight is 489 g/mol. The molecular weight excluding hydrogens is 459 g/mol. The molecule has 3 heterocycles. The minimum Gasteiger partial charge on any atom is -0.355 e. The third-order valence-corrected chi connectivity index (χ3v) is 7.28. The zero-order valence-corrected chi connectivity index (χ0v) is 20.5. The molecule has 0 saturated carbocycles. The number of halogens is 2. The van der Waals surface area contributed by atoms with Gasteiger partial charge in [0, 0.05) is 42.0 Å². The van der Waals surface area contributed by atoms with Crippen LogP contribution in [0.25, 0.3) is 0 Å². The van der Waals surface area contributed by atoms with Gasteiger partial charge in [-0.25, -0.2) is 4.98 Å². The molecule has 2 amide bonds. The normalized spacial score (nSPS) is 25.6. The van der Waals surface area contributed by atoms with E-state index in [1.54, 1.807) is 36.5 Å². The van der Waals surface area contributed by atoms with Crippen LogP contribution < -0.4 is 10.2 Å². The summed E-state index contributed by atoms with van der Waals surface area (Å²) in [5.41, 5.74) is 0.482. The summed E-state index contributed by atoms with van der Waals surface area (Å²) in [5, 5.41) is 4.21. The van der Waals surface area contributed by atoms with E-state index < -0.39 is 0 Å². The molecule has 2 unspecified atom stereocenters. The summed E-state index contributed by atoms with van der Waals surface area (Å²) in [6.07, 6.45) is 5.43. The second-order valence-corrected chi connectivity index (χ2v) is 10.0. The van der Waals surface area contributed by atoms with Crippen LogP contribution in [0.15, 0.2) is 42.6 Å². The van der Waals surface area contributed by atoms with E-state index >= 15 is 0 Å². The van der Waals surface area contributed by atoms with Gasteiger partial charge in [0.15, 0.2) is 0 Å². The molecule has 33 heavy (non-hydrogen) atoms. The Morgan fingerprint density at radius 2 is 1.79 bits per heavy atom. The summed E-state index contributed by atoms with van der Waals surface area (Å²) in [5.74, 6) is 0.396. The van der Waals surface area contributed by atoms with Gasteiger partial charge in [-0.05, 0) is 69.9 Å². The van der Waals surface area contributed by atoms with E-state index in [4.69, 9.17) is 23.2 Å². The smallest absolute Gasteiger partial charge is 0.251 e. The molecule has 2 aliphatic heterocycles. The van der Waals surface area contributed by atoms with Crippen LogP contribution in [0.2, 0.25) is 10.0 Å². The van der Waals surface area contributed by atoms with E-state index in [9.17, 15) is 9.59 Å². The van der Waals surface area contributed by atoms with Gasteiger partial charge in [0.1, 0.15) is 5.82 Å². The molecule has 0 spiro atoms. The quantitative estimate of drug-likeness (QED) is 0.670. The van der Waals surface area contributed by atoms with Crippen molar-refractivity contribution in [3.63, 3.8) is 0 Å². The SMILES string of the molecule is C[C@@H]1CCC[C@H](C)N1C(=O)C1CCN(c2ccc(Cl)cn2)CC1NC(=O)c1cccc(Cl)c1. The highest BCUT2D eigenvalue weighted by Crippen LogP contribution is 2.30. The van der Waals surface area contributed by atoms with Gasteiger partial charge in [-0.15, -0.1) is 0 Å². The minimum absolute atomic E-state index is 0.134. The highest BCUT2D eigenvalue weighted by atomic mass is 35.5. The molecule has 0 bridgehead atoms. The van der Waals surface area contributed by atoms with Crippen LogP contribution in [0.5, 0.6) is 0 Å². The minimum atomic E-state index is -0.350. The molecule has 4 atom stereocenters. The lowest BCUT2D eigenvalue weighted by molar-refractivity contribution is -0.143. The Labute approximate surface area is 205 Å². The van der Waals surface area contributed by atoms with E-state index in [-0.39, 0.29) is 35.9 Å². The van der Waals surface area contributed by atoms with Crippen LogP contribution in [-0.2, 0) is 4.79 Å². The van der Waals surface area contributed by atoms with Gasteiger partial charge in [0.2, 0.25) is 5.91 Å². The number of aromatic nitrogens is 1. The number of piperidine rings is 2. The molecule has 2 aliphatic rings. The van der Waals surface area contributed by atoms with Crippen molar-refractivity contribution < 1.29 is 9.59 Å². The Balaban J connectivity index is 1.58. The summed E-state index contributed by atoms with van der Waals surface area (Å²) in [7, 11) is 0. The van der Waals surface area contributed by atoms with Crippen molar-refractivity contribution in [2.75, 3.05) is 18.0 Å². The van der Waals surface area contributed by atoms with E-state index in [1.807, 2.05) is 11.0 Å². The maximum Gasteiger partial charge on any atom is 0.251 e. The van der Waals surface area contributed by atoms with E-state index in [2.05, 4.69) is 29.0 Å². The third kappa shape index (κ3) is 5.44. The van der Waals surface area contributed by atoms with Gasteiger partial charge < -0.3 is 15.1 Å². The first-order valence-electron chi connectivity index (χ1n) is 11.6. The lowest BCUT2D eigenvalue weighted by Crippen LogP contribution is -2.59. The van der Waals surface area contributed by atoms with Gasteiger partial charge in [-0.2, -0.15) is 0 Å². The zero-order valence-electron chi connectivity index (χ0n) is 19.0. The van der Waals surface area contributed by atoms with Crippen LogP contribution >= 0.6 is 23.2 Å². The number of carbonyl (C=O) groups is 2. The Kier molecular flexibility index (Phi) is 7.45. The molecule has 0 radical (unpaired) electrons.